The van der Waals surface area contributed by atoms with Gasteiger partial charge in [0.05, 0.1) is 23.4 Å². The van der Waals surface area contributed by atoms with Crippen LogP contribution in [-0.2, 0) is 10.0 Å². The maximum atomic E-state index is 12.7. The van der Waals surface area contributed by atoms with Crippen molar-refractivity contribution in [1.29, 1.82) is 5.26 Å². The largest absolute Gasteiger partial charge is 0.398 e. The quantitative estimate of drug-likeness (QED) is 0.877. The molecule has 7 heteroatoms. The second-order valence-electron chi connectivity index (χ2n) is 4.58. The molecule has 0 fully saturated rings. The van der Waals surface area contributed by atoms with Crippen molar-refractivity contribution in [3.8, 4) is 6.07 Å². The van der Waals surface area contributed by atoms with Crippen LogP contribution < -0.4 is 5.73 Å². The SMILES string of the molecule is CC(c1cccs1)N(C)S(=O)(=O)c1ccc(C#N)cc1N. The molecule has 2 aromatic rings. The first-order valence-corrected chi connectivity index (χ1v) is 8.51. The molecule has 1 atom stereocenters. The van der Waals surface area contributed by atoms with Gasteiger partial charge >= 0.3 is 0 Å². The van der Waals surface area contributed by atoms with Gasteiger partial charge in [0.25, 0.3) is 0 Å². The van der Waals surface area contributed by atoms with Crippen molar-refractivity contribution in [2.45, 2.75) is 17.9 Å². The Morgan fingerprint density at radius 1 is 1.38 bits per heavy atom. The maximum Gasteiger partial charge on any atom is 0.245 e. The van der Waals surface area contributed by atoms with E-state index in [0.29, 0.717) is 5.56 Å². The Morgan fingerprint density at radius 3 is 2.62 bits per heavy atom. The summed E-state index contributed by atoms with van der Waals surface area (Å²) in [4.78, 5) is 0.973. The lowest BCUT2D eigenvalue weighted by Gasteiger charge is -2.24. The van der Waals surface area contributed by atoms with Gasteiger partial charge in [0.15, 0.2) is 0 Å². The minimum Gasteiger partial charge on any atom is -0.398 e. The van der Waals surface area contributed by atoms with Gasteiger partial charge in [-0.25, -0.2) is 8.42 Å². The highest BCUT2D eigenvalue weighted by Crippen LogP contribution is 2.30. The Balaban J connectivity index is 2.40. The predicted molar refractivity (Wildman–Crippen MR) is 83.3 cm³/mol. The van der Waals surface area contributed by atoms with Gasteiger partial charge in [-0.3, -0.25) is 0 Å². The molecular formula is C14H15N3O2S2. The molecule has 0 saturated carbocycles. The van der Waals surface area contributed by atoms with Gasteiger partial charge in [-0.05, 0) is 36.6 Å². The van der Waals surface area contributed by atoms with E-state index in [0.717, 1.165) is 4.88 Å². The van der Waals surface area contributed by atoms with Gasteiger partial charge in [0.2, 0.25) is 10.0 Å². The van der Waals surface area contributed by atoms with Crippen molar-refractivity contribution < 1.29 is 8.42 Å². The molecular weight excluding hydrogens is 306 g/mol. The normalized spacial score (nSPS) is 13.0. The van der Waals surface area contributed by atoms with Crippen LogP contribution in [0.25, 0.3) is 0 Å². The van der Waals surface area contributed by atoms with Crippen molar-refractivity contribution >= 4 is 27.0 Å². The number of thiophene rings is 1. The zero-order valence-corrected chi connectivity index (χ0v) is 13.3. The summed E-state index contributed by atoms with van der Waals surface area (Å²) in [6.07, 6.45) is 0. The molecule has 1 heterocycles. The summed E-state index contributed by atoms with van der Waals surface area (Å²) in [5.41, 5.74) is 6.20. The molecule has 0 amide bonds. The smallest absolute Gasteiger partial charge is 0.245 e. The third-order valence-corrected chi connectivity index (χ3v) is 6.34. The van der Waals surface area contributed by atoms with Crippen LogP contribution >= 0.6 is 11.3 Å². The highest BCUT2D eigenvalue weighted by atomic mass is 32.2. The summed E-state index contributed by atoms with van der Waals surface area (Å²) in [7, 11) is -2.19. The van der Waals surface area contributed by atoms with Gasteiger partial charge in [-0.2, -0.15) is 9.57 Å². The summed E-state index contributed by atoms with van der Waals surface area (Å²) in [5.74, 6) is 0. The Hall–Kier alpha value is -1.88. The number of nitriles is 1. The number of rotatable bonds is 4. The molecule has 0 bridgehead atoms. The molecule has 0 aliphatic rings. The minimum atomic E-state index is -3.71. The zero-order chi connectivity index (χ0) is 15.6. The van der Waals surface area contributed by atoms with Gasteiger partial charge in [0, 0.05) is 11.9 Å². The standard InChI is InChI=1S/C14H15N3O2S2/c1-10(13-4-3-7-20-13)17(2)21(18,19)14-6-5-11(9-15)8-12(14)16/h3-8,10H,16H2,1-2H3. The van der Waals surface area contributed by atoms with E-state index in [4.69, 9.17) is 11.0 Å². The van der Waals surface area contributed by atoms with Crippen LogP contribution in [-0.4, -0.2) is 19.8 Å². The van der Waals surface area contributed by atoms with Crippen LogP contribution in [0.3, 0.4) is 0 Å². The minimum absolute atomic E-state index is 0.0207. The second-order valence-corrected chi connectivity index (χ2v) is 7.52. The van der Waals surface area contributed by atoms with E-state index in [2.05, 4.69) is 0 Å². The summed E-state index contributed by atoms with van der Waals surface area (Å²) in [6, 6.07) is 9.62. The Morgan fingerprint density at radius 2 is 2.10 bits per heavy atom. The van der Waals surface area contributed by atoms with E-state index in [1.807, 2.05) is 30.5 Å². The van der Waals surface area contributed by atoms with Gasteiger partial charge in [-0.15, -0.1) is 11.3 Å². The number of nitrogens with two attached hydrogens (primary N) is 1. The molecule has 5 nitrogen and oxygen atoms in total. The van der Waals surface area contributed by atoms with Gasteiger partial charge in [0.1, 0.15) is 4.90 Å². The second kappa shape index (κ2) is 5.85. The number of hydrogen-bond donors (Lipinski definition) is 1. The highest BCUT2D eigenvalue weighted by molar-refractivity contribution is 7.89. The van der Waals surface area contributed by atoms with Crippen LogP contribution in [0.15, 0.2) is 40.6 Å². The van der Waals surface area contributed by atoms with E-state index < -0.39 is 10.0 Å². The molecule has 1 unspecified atom stereocenters. The van der Waals surface area contributed by atoms with E-state index in [-0.39, 0.29) is 16.6 Å². The van der Waals surface area contributed by atoms with Crippen LogP contribution in [0.2, 0.25) is 0 Å². The Kier molecular flexibility index (Phi) is 4.32. The molecule has 2 rings (SSSR count). The van der Waals surface area contributed by atoms with Gasteiger partial charge in [-0.1, -0.05) is 6.07 Å². The topological polar surface area (TPSA) is 87.2 Å². The first kappa shape index (κ1) is 15.5. The molecule has 110 valence electrons. The van der Waals surface area contributed by atoms with Crippen molar-refractivity contribution in [1.82, 2.24) is 4.31 Å². The predicted octanol–water partition coefficient (Wildman–Crippen LogP) is 2.58. The zero-order valence-electron chi connectivity index (χ0n) is 11.6. The van der Waals surface area contributed by atoms with E-state index in [9.17, 15) is 8.42 Å². The molecule has 2 N–H and O–H groups in total. The summed E-state index contributed by atoms with van der Waals surface area (Å²) >= 11 is 1.50. The van der Waals surface area contributed by atoms with E-state index in [1.54, 1.807) is 0 Å². The number of nitrogens with zero attached hydrogens (tertiary/aromatic N) is 2. The average Bonchev–Trinajstić information content (AvgIpc) is 2.99. The average molecular weight is 321 g/mol. The van der Waals surface area contributed by atoms with E-state index >= 15 is 0 Å². The fourth-order valence-corrected chi connectivity index (χ4v) is 4.25. The number of hydrogen-bond acceptors (Lipinski definition) is 5. The number of benzene rings is 1. The molecule has 0 saturated heterocycles. The Bertz CT molecular complexity index is 777. The summed E-state index contributed by atoms with van der Waals surface area (Å²) in [5, 5.41) is 10.7. The third kappa shape index (κ3) is 2.93. The van der Waals surface area contributed by atoms with Crippen molar-refractivity contribution in [3.05, 3.63) is 46.2 Å². The number of sulfonamides is 1. The maximum absolute atomic E-state index is 12.7. The monoisotopic (exact) mass is 321 g/mol. The third-order valence-electron chi connectivity index (χ3n) is 3.30. The summed E-state index contributed by atoms with van der Waals surface area (Å²) in [6.45, 7) is 1.82. The van der Waals surface area contributed by atoms with Crippen molar-refractivity contribution in [2.75, 3.05) is 12.8 Å². The fourth-order valence-electron chi connectivity index (χ4n) is 1.92. The van der Waals surface area contributed by atoms with Crippen molar-refractivity contribution in [3.63, 3.8) is 0 Å². The van der Waals surface area contributed by atoms with E-state index in [1.165, 1.54) is 40.9 Å². The molecule has 0 spiro atoms. The highest BCUT2D eigenvalue weighted by Gasteiger charge is 2.28. The molecule has 0 radical (unpaired) electrons. The number of nitrogen functional groups attached to an aromatic ring is 1. The fraction of sp³-hybridized carbons (Fsp3) is 0.214. The first-order chi connectivity index (χ1) is 9.87. The van der Waals surface area contributed by atoms with Crippen LogP contribution in [0, 0.1) is 11.3 Å². The lowest BCUT2D eigenvalue weighted by molar-refractivity contribution is 0.403. The first-order valence-electron chi connectivity index (χ1n) is 6.19. The lowest BCUT2D eigenvalue weighted by Crippen LogP contribution is -2.30. The molecule has 1 aromatic carbocycles. The molecule has 0 aliphatic carbocycles. The number of anilines is 1. The molecule has 21 heavy (non-hydrogen) atoms. The van der Waals surface area contributed by atoms with Gasteiger partial charge < -0.3 is 5.73 Å². The Labute approximate surface area is 128 Å². The summed E-state index contributed by atoms with van der Waals surface area (Å²) < 4.78 is 26.6. The molecule has 0 aliphatic heterocycles. The van der Waals surface area contributed by atoms with Crippen LogP contribution in [0.4, 0.5) is 5.69 Å². The van der Waals surface area contributed by atoms with Crippen molar-refractivity contribution in [2.24, 2.45) is 0 Å². The van der Waals surface area contributed by atoms with Crippen LogP contribution in [0.5, 0.6) is 0 Å². The molecule has 1 aromatic heterocycles. The van der Waals surface area contributed by atoms with Crippen LogP contribution in [0.1, 0.15) is 23.4 Å². The lowest BCUT2D eigenvalue weighted by atomic mass is 10.2.